The summed E-state index contributed by atoms with van der Waals surface area (Å²) in [6.07, 6.45) is 4.76. The van der Waals surface area contributed by atoms with Gasteiger partial charge in [0, 0.05) is 6.07 Å². The largest absolute Gasteiger partial charge is 0.497 e. The number of halogens is 1. The zero-order valence-corrected chi connectivity index (χ0v) is 12.2. The molecule has 2 aliphatic heterocycles. The van der Waals surface area contributed by atoms with Crippen molar-refractivity contribution in [3.05, 3.63) is 30.6 Å². The Labute approximate surface area is 126 Å². The fourth-order valence-electron chi connectivity index (χ4n) is 1.93. The molecule has 0 spiro atoms. The van der Waals surface area contributed by atoms with E-state index in [-0.39, 0.29) is 4.11 Å². The van der Waals surface area contributed by atoms with E-state index in [2.05, 4.69) is 20.4 Å². The Morgan fingerprint density at radius 3 is 2.81 bits per heavy atom. The van der Waals surface area contributed by atoms with Crippen LogP contribution in [0.15, 0.2) is 45.7 Å². The number of benzene rings is 1. The van der Waals surface area contributed by atoms with E-state index in [1.54, 1.807) is 51.0 Å². The van der Waals surface area contributed by atoms with E-state index in [4.69, 9.17) is 21.3 Å². The van der Waals surface area contributed by atoms with Crippen molar-refractivity contribution in [2.24, 2.45) is 15.1 Å². The predicted octanol–water partition coefficient (Wildman–Crippen LogP) is 2.33. The van der Waals surface area contributed by atoms with Crippen molar-refractivity contribution >= 4 is 35.5 Å². The van der Waals surface area contributed by atoms with Gasteiger partial charge in [-0.25, -0.2) is 0 Å². The Balaban J connectivity index is 1.91. The molecule has 21 heavy (non-hydrogen) atoms. The number of amidine groups is 1. The standard InChI is InChI=1S/C13H13ClN5O2/c1-20-9-3-4-11(21-2)10(7-9)16-13-17-12-8-15-5-6-19(12,14)18-13/h3-8H,1-2H3,(H,16,18)/q+1. The van der Waals surface area contributed by atoms with Gasteiger partial charge in [-0.15, -0.1) is 4.99 Å². The maximum Gasteiger partial charge on any atom is 0.300 e. The van der Waals surface area contributed by atoms with Crippen LogP contribution in [-0.2, 0) is 0 Å². The fraction of sp³-hybridized carbons (Fsp3) is 0.154. The third-order valence-electron chi connectivity index (χ3n) is 2.98. The molecule has 0 amide bonds. The Hall–Kier alpha value is -2.38. The van der Waals surface area contributed by atoms with E-state index >= 15 is 0 Å². The predicted molar refractivity (Wildman–Crippen MR) is 81.8 cm³/mol. The number of nitrogens with one attached hydrogen (secondary N) is 1. The lowest BCUT2D eigenvalue weighted by atomic mass is 10.2. The summed E-state index contributed by atoms with van der Waals surface area (Å²) in [6, 6.07) is 5.39. The summed E-state index contributed by atoms with van der Waals surface area (Å²) in [5.41, 5.74) is 0.684. The Bertz CT molecular complexity index is 698. The highest BCUT2D eigenvalue weighted by atomic mass is 35.5. The molecule has 1 aromatic rings. The molecular formula is C13H13ClN5O2+. The smallest absolute Gasteiger partial charge is 0.300 e. The number of rotatable bonds is 3. The van der Waals surface area contributed by atoms with E-state index in [0.29, 0.717) is 29.0 Å². The van der Waals surface area contributed by atoms with E-state index in [0.717, 1.165) is 0 Å². The molecule has 0 aromatic heterocycles. The van der Waals surface area contributed by atoms with Crippen LogP contribution in [0, 0.1) is 0 Å². The van der Waals surface area contributed by atoms with Crippen LogP contribution in [0.4, 0.5) is 5.69 Å². The molecule has 7 nitrogen and oxygen atoms in total. The summed E-state index contributed by atoms with van der Waals surface area (Å²) in [6.45, 7) is 0. The molecule has 3 rings (SSSR count). The number of ether oxygens (including phenoxy) is 2. The van der Waals surface area contributed by atoms with E-state index < -0.39 is 0 Å². The average molecular weight is 307 g/mol. The van der Waals surface area contributed by atoms with Crippen molar-refractivity contribution < 1.29 is 13.6 Å². The number of anilines is 1. The minimum absolute atomic E-state index is 0.280. The summed E-state index contributed by atoms with van der Waals surface area (Å²) in [4.78, 5) is 8.29. The molecule has 0 aliphatic carbocycles. The van der Waals surface area contributed by atoms with Crippen LogP contribution in [0.5, 0.6) is 11.5 Å². The van der Waals surface area contributed by atoms with Crippen molar-refractivity contribution in [2.75, 3.05) is 19.5 Å². The maximum atomic E-state index is 6.31. The van der Waals surface area contributed by atoms with Gasteiger partial charge in [0.15, 0.2) is 6.20 Å². The van der Waals surface area contributed by atoms with Gasteiger partial charge in [-0.2, -0.15) is 0 Å². The number of quaternary nitrogens is 1. The molecule has 2 heterocycles. The lowest BCUT2D eigenvalue weighted by Crippen LogP contribution is -2.33. The highest BCUT2D eigenvalue weighted by Gasteiger charge is 2.39. The first-order valence-electron chi connectivity index (χ1n) is 6.12. The Morgan fingerprint density at radius 2 is 2.10 bits per heavy atom. The summed E-state index contributed by atoms with van der Waals surface area (Å²) in [7, 11) is 3.18. The number of hydrogen-bond donors (Lipinski definition) is 1. The number of guanidine groups is 1. The van der Waals surface area contributed by atoms with Crippen LogP contribution < -0.4 is 14.8 Å². The highest BCUT2D eigenvalue weighted by Crippen LogP contribution is 2.31. The van der Waals surface area contributed by atoms with E-state index in [9.17, 15) is 0 Å². The van der Waals surface area contributed by atoms with Gasteiger partial charge in [-0.1, -0.05) is 0 Å². The molecule has 0 saturated heterocycles. The zero-order valence-electron chi connectivity index (χ0n) is 11.4. The molecule has 1 aromatic carbocycles. The second-order valence-corrected chi connectivity index (χ2v) is 4.78. The lowest BCUT2D eigenvalue weighted by molar-refractivity contribution is -0.659. The normalized spacial score (nSPS) is 22.4. The minimum Gasteiger partial charge on any atom is -0.497 e. The second-order valence-electron chi connectivity index (χ2n) is 4.26. The Kier molecular flexibility index (Phi) is 3.36. The summed E-state index contributed by atoms with van der Waals surface area (Å²) < 4.78 is 10.2. The number of hydrogen-bond acceptors (Lipinski definition) is 6. The molecule has 8 heteroatoms. The van der Waals surface area contributed by atoms with Crippen molar-refractivity contribution in [3.8, 4) is 11.5 Å². The van der Waals surface area contributed by atoms with E-state index in [1.165, 1.54) is 0 Å². The monoisotopic (exact) mass is 306 g/mol. The maximum absolute atomic E-state index is 6.31. The third-order valence-corrected chi connectivity index (χ3v) is 3.34. The van der Waals surface area contributed by atoms with Crippen LogP contribution in [0.25, 0.3) is 0 Å². The minimum atomic E-state index is -0.280. The van der Waals surface area contributed by atoms with Crippen LogP contribution >= 0.6 is 11.8 Å². The number of fused-ring (bicyclic) bond motifs is 1. The molecular weight excluding hydrogens is 294 g/mol. The van der Waals surface area contributed by atoms with Gasteiger partial charge in [-0.05, 0) is 21.3 Å². The molecule has 0 saturated carbocycles. The molecule has 2 aliphatic rings. The average Bonchev–Trinajstić information content (AvgIpc) is 2.82. The fourth-order valence-corrected chi connectivity index (χ4v) is 2.13. The van der Waals surface area contributed by atoms with E-state index in [1.807, 2.05) is 0 Å². The molecule has 0 radical (unpaired) electrons. The molecule has 0 bridgehead atoms. The zero-order chi connectivity index (χ0) is 14.9. The number of aliphatic imine (C=N–C) groups is 2. The van der Waals surface area contributed by atoms with Crippen molar-refractivity contribution in [1.82, 2.24) is 0 Å². The van der Waals surface area contributed by atoms with Crippen LogP contribution in [0.3, 0.4) is 0 Å². The van der Waals surface area contributed by atoms with Crippen molar-refractivity contribution in [1.29, 1.82) is 0 Å². The molecule has 1 N–H and O–H groups in total. The number of nitrogens with zero attached hydrogens (tertiary/aromatic N) is 4. The van der Waals surface area contributed by atoms with Crippen molar-refractivity contribution in [3.63, 3.8) is 0 Å². The lowest BCUT2D eigenvalue weighted by Gasteiger charge is -2.12. The van der Waals surface area contributed by atoms with Gasteiger partial charge in [0.05, 0.1) is 26.1 Å². The molecule has 1 atom stereocenters. The summed E-state index contributed by atoms with van der Waals surface area (Å²) in [5, 5.41) is 7.38. The second kappa shape index (κ2) is 5.19. The van der Waals surface area contributed by atoms with Crippen LogP contribution in [0.2, 0.25) is 0 Å². The SMILES string of the molecule is COc1ccc(OC)c(NC2=N[N+]3(Cl)C=CN=CC3=N2)c1. The first-order chi connectivity index (χ1) is 10.1. The highest BCUT2D eigenvalue weighted by molar-refractivity contribution is 6.36. The van der Waals surface area contributed by atoms with Gasteiger partial charge in [0.2, 0.25) is 11.8 Å². The van der Waals surface area contributed by atoms with Crippen LogP contribution in [-0.4, -0.2) is 36.3 Å². The summed E-state index contributed by atoms with van der Waals surface area (Å²) >= 11 is 6.31. The van der Waals surface area contributed by atoms with Gasteiger partial charge in [-0.3, -0.25) is 4.99 Å². The molecule has 1 unspecified atom stereocenters. The van der Waals surface area contributed by atoms with Crippen molar-refractivity contribution in [2.45, 2.75) is 0 Å². The summed E-state index contributed by atoms with van der Waals surface area (Å²) in [5.74, 6) is 2.22. The number of methoxy groups -OCH3 is 2. The first kappa shape index (κ1) is 13.6. The van der Waals surface area contributed by atoms with Gasteiger partial charge in [0.25, 0.3) is 11.8 Å². The molecule has 108 valence electrons. The van der Waals surface area contributed by atoms with Gasteiger partial charge < -0.3 is 14.8 Å². The topological polar surface area (TPSA) is 67.6 Å². The van der Waals surface area contributed by atoms with Gasteiger partial charge in [0.1, 0.15) is 17.7 Å². The molecule has 0 fully saturated rings. The third kappa shape index (κ3) is 2.48. The van der Waals surface area contributed by atoms with Crippen LogP contribution in [0.1, 0.15) is 0 Å². The Morgan fingerprint density at radius 1 is 1.24 bits per heavy atom. The van der Waals surface area contributed by atoms with Gasteiger partial charge >= 0.3 is 0 Å². The first-order valence-corrected chi connectivity index (χ1v) is 6.46. The quantitative estimate of drug-likeness (QED) is 0.871.